The molecular weight excluding hydrogens is 238 g/mol. The van der Waals surface area contributed by atoms with Gasteiger partial charge in [-0.05, 0) is 32.3 Å². The summed E-state index contributed by atoms with van der Waals surface area (Å²) in [6.07, 6.45) is 2.90. The van der Waals surface area contributed by atoms with Crippen LogP contribution in [0.15, 0.2) is 6.07 Å². The van der Waals surface area contributed by atoms with Crippen molar-refractivity contribution in [3.8, 4) is 11.5 Å². The van der Waals surface area contributed by atoms with Gasteiger partial charge in [-0.25, -0.2) is 0 Å². The second-order valence-electron chi connectivity index (χ2n) is 4.75. The molecule has 1 aromatic rings. The first-order chi connectivity index (χ1) is 8.00. The monoisotopic (exact) mass is 255 g/mol. The number of benzene rings is 1. The number of ether oxygens (including phenoxy) is 2. The summed E-state index contributed by atoms with van der Waals surface area (Å²) >= 11 is 6.29. The number of methoxy groups -OCH3 is 2. The average molecular weight is 256 g/mol. The van der Waals surface area contributed by atoms with E-state index in [1.165, 1.54) is 0 Å². The quantitative estimate of drug-likeness (QED) is 0.900. The van der Waals surface area contributed by atoms with Crippen molar-refractivity contribution in [3.05, 3.63) is 22.2 Å². The van der Waals surface area contributed by atoms with E-state index in [9.17, 15) is 0 Å². The lowest BCUT2D eigenvalue weighted by atomic mass is 10.0. The van der Waals surface area contributed by atoms with Crippen molar-refractivity contribution in [1.29, 1.82) is 0 Å². The Morgan fingerprint density at radius 2 is 2.00 bits per heavy atom. The molecule has 0 saturated heterocycles. The van der Waals surface area contributed by atoms with Gasteiger partial charge >= 0.3 is 0 Å². The van der Waals surface area contributed by atoms with Crippen LogP contribution < -0.4 is 15.2 Å². The number of halogens is 1. The zero-order chi connectivity index (χ0) is 12.6. The Morgan fingerprint density at radius 1 is 1.35 bits per heavy atom. The standard InChI is InChI=1S/C13H18ClNO2/c1-8-10(16-2)6-9(7-13(15)4-5-13)12(17-3)11(8)14/h6H,4-5,7,15H2,1-3H3. The van der Waals surface area contributed by atoms with Crippen LogP contribution in [0.25, 0.3) is 0 Å². The van der Waals surface area contributed by atoms with Crippen LogP contribution in [-0.4, -0.2) is 19.8 Å². The van der Waals surface area contributed by atoms with Crippen molar-refractivity contribution in [2.24, 2.45) is 5.73 Å². The average Bonchev–Trinajstić information content (AvgIpc) is 3.02. The smallest absolute Gasteiger partial charge is 0.141 e. The molecule has 0 unspecified atom stereocenters. The second kappa shape index (κ2) is 4.39. The molecule has 1 aliphatic carbocycles. The Bertz CT molecular complexity index is 442. The van der Waals surface area contributed by atoms with Gasteiger partial charge in [-0.2, -0.15) is 0 Å². The maximum Gasteiger partial charge on any atom is 0.141 e. The fraction of sp³-hybridized carbons (Fsp3) is 0.538. The Hall–Kier alpha value is -0.930. The van der Waals surface area contributed by atoms with Crippen LogP contribution in [0.2, 0.25) is 5.02 Å². The fourth-order valence-corrected chi connectivity index (χ4v) is 2.32. The van der Waals surface area contributed by atoms with E-state index < -0.39 is 0 Å². The van der Waals surface area contributed by atoms with E-state index >= 15 is 0 Å². The first kappa shape index (κ1) is 12.5. The predicted octanol–water partition coefficient (Wildman–Crippen LogP) is 2.70. The zero-order valence-corrected chi connectivity index (χ0v) is 11.2. The highest BCUT2D eigenvalue weighted by Crippen LogP contribution is 2.43. The molecule has 0 aliphatic heterocycles. The Labute approximate surface area is 107 Å². The summed E-state index contributed by atoms with van der Waals surface area (Å²) in [5.74, 6) is 1.51. The summed E-state index contributed by atoms with van der Waals surface area (Å²) in [6, 6.07) is 1.98. The van der Waals surface area contributed by atoms with Crippen LogP contribution in [0.4, 0.5) is 0 Å². The van der Waals surface area contributed by atoms with Gasteiger partial charge in [0.2, 0.25) is 0 Å². The van der Waals surface area contributed by atoms with Crippen LogP contribution >= 0.6 is 11.6 Å². The first-order valence-corrected chi connectivity index (χ1v) is 6.07. The molecule has 2 rings (SSSR count). The van der Waals surface area contributed by atoms with Crippen LogP contribution in [-0.2, 0) is 6.42 Å². The maximum atomic E-state index is 6.29. The van der Waals surface area contributed by atoms with Crippen LogP contribution in [0.3, 0.4) is 0 Å². The van der Waals surface area contributed by atoms with Crippen molar-refractivity contribution in [2.45, 2.75) is 31.7 Å². The number of hydrogen-bond acceptors (Lipinski definition) is 3. The van der Waals surface area contributed by atoms with E-state index in [2.05, 4.69) is 0 Å². The normalized spacial score (nSPS) is 16.8. The molecule has 0 atom stereocenters. The third kappa shape index (κ3) is 2.35. The van der Waals surface area contributed by atoms with Crippen LogP contribution in [0.1, 0.15) is 24.0 Å². The highest BCUT2D eigenvalue weighted by atomic mass is 35.5. The van der Waals surface area contributed by atoms with E-state index in [4.69, 9.17) is 26.8 Å². The van der Waals surface area contributed by atoms with Crippen molar-refractivity contribution in [1.82, 2.24) is 0 Å². The van der Waals surface area contributed by atoms with E-state index in [-0.39, 0.29) is 5.54 Å². The molecule has 17 heavy (non-hydrogen) atoms. The van der Waals surface area contributed by atoms with Gasteiger partial charge in [0, 0.05) is 16.7 Å². The summed E-state index contributed by atoms with van der Waals surface area (Å²) in [5, 5.41) is 0.617. The summed E-state index contributed by atoms with van der Waals surface area (Å²) in [6.45, 7) is 1.92. The van der Waals surface area contributed by atoms with E-state index in [1.807, 2.05) is 13.0 Å². The minimum absolute atomic E-state index is 0.0725. The molecule has 1 aliphatic rings. The molecule has 0 bridgehead atoms. The molecule has 1 aromatic carbocycles. The number of rotatable bonds is 4. The largest absolute Gasteiger partial charge is 0.496 e. The van der Waals surface area contributed by atoms with Crippen molar-refractivity contribution in [3.63, 3.8) is 0 Å². The molecule has 1 saturated carbocycles. The van der Waals surface area contributed by atoms with Crippen molar-refractivity contribution < 1.29 is 9.47 Å². The van der Waals surface area contributed by atoms with Gasteiger partial charge < -0.3 is 15.2 Å². The molecule has 2 N–H and O–H groups in total. The van der Waals surface area contributed by atoms with E-state index in [0.29, 0.717) is 5.02 Å². The highest BCUT2D eigenvalue weighted by Gasteiger charge is 2.39. The highest BCUT2D eigenvalue weighted by molar-refractivity contribution is 6.33. The SMILES string of the molecule is COc1cc(CC2(N)CC2)c(OC)c(Cl)c1C. The van der Waals surface area contributed by atoms with Crippen LogP contribution in [0.5, 0.6) is 11.5 Å². The molecule has 4 heteroatoms. The molecule has 0 spiro atoms. The molecule has 0 radical (unpaired) electrons. The molecule has 1 fully saturated rings. The molecule has 0 amide bonds. The first-order valence-electron chi connectivity index (χ1n) is 5.69. The minimum atomic E-state index is -0.0725. The topological polar surface area (TPSA) is 44.5 Å². The maximum absolute atomic E-state index is 6.29. The predicted molar refractivity (Wildman–Crippen MR) is 69.1 cm³/mol. The van der Waals surface area contributed by atoms with Gasteiger partial charge in [-0.1, -0.05) is 11.6 Å². The summed E-state index contributed by atoms with van der Waals surface area (Å²) < 4.78 is 10.7. The van der Waals surface area contributed by atoms with Crippen molar-refractivity contribution in [2.75, 3.05) is 14.2 Å². The Morgan fingerprint density at radius 3 is 2.47 bits per heavy atom. The lowest BCUT2D eigenvalue weighted by Crippen LogP contribution is -2.24. The van der Waals surface area contributed by atoms with E-state index in [1.54, 1.807) is 14.2 Å². The second-order valence-corrected chi connectivity index (χ2v) is 5.13. The van der Waals surface area contributed by atoms with Gasteiger partial charge in [0.1, 0.15) is 11.5 Å². The number of nitrogens with two attached hydrogens (primary N) is 1. The third-order valence-corrected chi connectivity index (χ3v) is 3.81. The minimum Gasteiger partial charge on any atom is -0.496 e. The van der Waals surface area contributed by atoms with Gasteiger partial charge in [-0.15, -0.1) is 0 Å². The molecule has 0 aromatic heterocycles. The van der Waals surface area contributed by atoms with Crippen LogP contribution in [0, 0.1) is 6.92 Å². The summed E-state index contributed by atoms with van der Waals surface area (Å²) in [7, 11) is 3.27. The summed E-state index contributed by atoms with van der Waals surface area (Å²) in [5.41, 5.74) is 8.00. The Balaban J connectivity index is 2.44. The van der Waals surface area contributed by atoms with Gasteiger partial charge in [-0.3, -0.25) is 0 Å². The molecule has 94 valence electrons. The lowest BCUT2D eigenvalue weighted by molar-refractivity contribution is 0.395. The fourth-order valence-electron chi connectivity index (χ4n) is 2.03. The van der Waals surface area contributed by atoms with Gasteiger partial charge in [0.25, 0.3) is 0 Å². The van der Waals surface area contributed by atoms with Gasteiger partial charge in [0.15, 0.2) is 0 Å². The summed E-state index contributed by atoms with van der Waals surface area (Å²) in [4.78, 5) is 0. The molecular formula is C13H18ClNO2. The Kier molecular flexibility index (Phi) is 3.23. The number of hydrogen-bond donors (Lipinski definition) is 1. The van der Waals surface area contributed by atoms with Gasteiger partial charge in [0.05, 0.1) is 19.2 Å². The zero-order valence-electron chi connectivity index (χ0n) is 10.5. The lowest BCUT2D eigenvalue weighted by Gasteiger charge is -2.17. The van der Waals surface area contributed by atoms with E-state index in [0.717, 1.165) is 41.9 Å². The molecule has 3 nitrogen and oxygen atoms in total. The van der Waals surface area contributed by atoms with Crippen molar-refractivity contribution >= 4 is 11.6 Å². The third-order valence-electron chi connectivity index (χ3n) is 3.35. The molecule has 0 heterocycles.